The van der Waals surface area contributed by atoms with Crippen molar-refractivity contribution in [2.75, 3.05) is 0 Å². The van der Waals surface area contributed by atoms with E-state index in [4.69, 9.17) is 11.6 Å². The van der Waals surface area contributed by atoms with E-state index in [0.717, 1.165) is 0 Å². The van der Waals surface area contributed by atoms with Crippen molar-refractivity contribution < 1.29 is 9.50 Å². The SMILES string of the molecule is Cc1cccc(-c2cc(Cl)ccc2F)c1O. The fourth-order valence-corrected chi connectivity index (χ4v) is 1.75. The predicted molar refractivity (Wildman–Crippen MR) is 63.2 cm³/mol. The van der Waals surface area contributed by atoms with Gasteiger partial charge in [-0.3, -0.25) is 0 Å². The van der Waals surface area contributed by atoms with Gasteiger partial charge in [0.25, 0.3) is 0 Å². The minimum Gasteiger partial charge on any atom is -0.507 e. The van der Waals surface area contributed by atoms with Crippen molar-refractivity contribution in [2.45, 2.75) is 6.92 Å². The minimum absolute atomic E-state index is 0.0867. The number of aryl methyl sites for hydroxylation is 1. The lowest BCUT2D eigenvalue weighted by Gasteiger charge is -2.08. The summed E-state index contributed by atoms with van der Waals surface area (Å²) < 4.78 is 13.6. The van der Waals surface area contributed by atoms with E-state index in [2.05, 4.69) is 0 Å². The van der Waals surface area contributed by atoms with Gasteiger partial charge in [-0.2, -0.15) is 0 Å². The summed E-state index contributed by atoms with van der Waals surface area (Å²) in [6.07, 6.45) is 0. The van der Waals surface area contributed by atoms with Crippen molar-refractivity contribution in [3.8, 4) is 16.9 Å². The minimum atomic E-state index is -0.398. The number of halogens is 2. The van der Waals surface area contributed by atoms with Crippen LogP contribution in [0.2, 0.25) is 5.02 Å². The first-order chi connectivity index (χ1) is 7.59. The number of hydrogen-bond acceptors (Lipinski definition) is 1. The predicted octanol–water partition coefficient (Wildman–Crippen LogP) is 4.16. The van der Waals surface area contributed by atoms with Gasteiger partial charge in [-0.15, -0.1) is 0 Å². The van der Waals surface area contributed by atoms with E-state index < -0.39 is 5.82 Å². The van der Waals surface area contributed by atoms with Gasteiger partial charge in [0.05, 0.1) is 0 Å². The fraction of sp³-hybridized carbons (Fsp3) is 0.0769. The Morgan fingerprint density at radius 3 is 2.62 bits per heavy atom. The molecule has 16 heavy (non-hydrogen) atoms. The number of benzene rings is 2. The van der Waals surface area contributed by atoms with Gasteiger partial charge in [0.15, 0.2) is 0 Å². The molecule has 2 aromatic carbocycles. The molecule has 0 atom stereocenters. The van der Waals surface area contributed by atoms with E-state index in [1.54, 1.807) is 25.1 Å². The molecule has 82 valence electrons. The standard InChI is InChI=1S/C13H10ClFO/c1-8-3-2-4-10(13(8)16)11-7-9(14)5-6-12(11)15/h2-7,16H,1H3. The molecule has 0 aliphatic rings. The van der Waals surface area contributed by atoms with Gasteiger partial charge in [-0.05, 0) is 30.7 Å². The summed E-state index contributed by atoms with van der Waals surface area (Å²) in [5, 5.41) is 10.3. The first kappa shape index (κ1) is 11.0. The van der Waals surface area contributed by atoms with Crippen LogP contribution in [0, 0.1) is 12.7 Å². The third-order valence-electron chi connectivity index (χ3n) is 2.46. The highest BCUT2D eigenvalue weighted by atomic mass is 35.5. The Balaban J connectivity index is 2.67. The second-order valence-corrected chi connectivity index (χ2v) is 4.03. The highest BCUT2D eigenvalue weighted by molar-refractivity contribution is 6.30. The molecule has 0 spiro atoms. The van der Waals surface area contributed by atoms with E-state index in [9.17, 15) is 9.50 Å². The second-order valence-electron chi connectivity index (χ2n) is 3.60. The average molecular weight is 237 g/mol. The van der Waals surface area contributed by atoms with Gasteiger partial charge in [0.2, 0.25) is 0 Å². The molecule has 0 heterocycles. The maximum absolute atomic E-state index is 13.6. The van der Waals surface area contributed by atoms with E-state index in [-0.39, 0.29) is 5.75 Å². The molecule has 0 bridgehead atoms. The Bertz CT molecular complexity index is 537. The van der Waals surface area contributed by atoms with Gasteiger partial charge >= 0.3 is 0 Å². The molecule has 0 amide bonds. The Morgan fingerprint density at radius 2 is 1.88 bits per heavy atom. The quantitative estimate of drug-likeness (QED) is 0.788. The highest BCUT2D eigenvalue weighted by Gasteiger charge is 2.11. The lowest BCUT2D eigenvalue weighted by Crippen LogP contribution is -1.86. The molecule has 0 saturated heterocycles. The van der Waals surface area contributed by atoms with E-state index in [1.807, 2.05) is 0 Å². The van der Waals surface area contributed by atoms with Crippen molar-refractivity contribution in [1.29, 1.82) is 0 Å². The summed E-state index contributed by atoms with van der Waals surface area (Å²) in [6, 6.07) is 9.47. The van der Waals surface area contributed by atoms with Gasteiger partial charge < -0.3 is 5.11 Å². The smallest absolute Gasteiger partial charge is 0.131 e. The van der Waals surface area contributed by atoms with Crippen LogP contribution in [0.5, 0.6) is 5.75 Å². The molecule has 0 aliphatic carbocycles. The van der Waals surface area contributed by atoms with Crippen LogP contribution >= 0.6 is 11.6 Å². The van der Waals surface area contributed by atoms with E-state index in [0.29, 0.717) is 21.7 Å². The first-order valence-electron chi connectivity index (χ1n) is 4.83. The Labute approximate surface area is 98.1 Å². The number of aromatic hydroxyl groups is 1. The molecule has 1 N–H and O–H groups in total. The average Bonchev–Trinajstić information content (AvgIpc) is 2.26. The summed E-state index contributed by atoms with van der Waals surface area (Å²) in [6.45, 7) is 1.77. The van der Waals surface area contributed by atoms with Crippen molar-refractivity contribution in [3.05, 3.63) is 52.8 Å². The van der Waals surface area contributed by atoms with Crippen molar-refractivity contribution >= 4 is 11.6 Å². The molecule has 0 radical (unpaired) electrons. The molecule has 2 aromatic rings. The molecule has 0 saturated carbocycles. The van der Waals surface area contributed by atoms with Gasteiger partial charge in [0.1, 0.15) is 11.6 Å². The summed E-state index contributed by atoms with van der Waals surface area (Å²) in [5.41, 5.74) is 1.48. The first-order valence-corrected chi connectivity index (χ1v) is 5.21. The van der Waals surface area contributed by atoms with Crippen LogP contribution in [0.4, 0.5) is 4.39 Å². The lowest BCUT2D eigenvalue weighted by atomic mass is 10.0. The molecule has 2 rings (SSSR count). The summed E-state index contributed by atoms with van der Waals surface area (Å²) in [4.78, 5) is 0. The van der Waals surface area contributed by atoms with Crippen molar-refractivity contribution in [3.63, 3.8) is 0 Å². The van der Waals surface area contributed by atoms with Crippen LogP contribution in [0.1, 0.15) is 5.56 Å². The summed E-state index contributed by atoms with van der Waals surface area (Å²) in [5.74, 6) is -0.311. The van der Waals surface area contributed by atoms with E-state index in [1.165, 1.54) is 18.2 Å². The van der Waals surface area contributed by atoms with Crippen LogP contribution in [-0.4, -0.2) is 5.11 Å². The lowest BCUT2D eigenvalue weighted by molar-refractivity contribution is 0.472. The molecule has 0 unspecified atom stereocenters. The molecule has 3 heteroatoms. The molecular formula is C13H10ClFO. The van der Waals surface area contributed by atoms with Crippen molar-refractivity contribution in [1.82, 2.24) is 0 Å². The second kappa shape index (κ2) is 4.14. The van der Waals surface area contributed by atoms with Crippen LogP contribution in [0.25, 0.3) is 11.1 Å². The zero-order valence-electron chi connectivity index (χ0n) is 8.67. The van der Waals surface area contributed by atoms with E-state index >= 15 is 0 Å². The van der Waals surface area contributed by atoms with Gasteiger partial charge in [0, 0.05) is 16.1 Å². The van der Waals surface area contributed by atoms with Crippen LogP contribution in [-0.2, 0) is 0 Å². The van der Waals surface area contributed by atoms with Gasteiger partial charge in [-0.25, -0.2) is 4.39 Å². The molecule has 0 fully saturated rings. The number of para-hydroxylation sites is 1. The molecular weight excluding hydrogens is 227 g/mol. The third-order valence-corrected chi connectivity index (χ3v) is 2.69. The number of hydrogen-bond donors (Lipinski definition) is 1. The highest BCUT2D eigenvalue weighted by Crippen LogP contribution is 2.34. The summed E-state index contributed by atoms with van der Waals surface area (Å²) in [7, 11) is 0. The maximum atomic E-state index is 13.6. The molecule has 0 aliphatic heterocycles. The van der Waals surface area contributed by atoms with Crippen LogP contribution in [0.3, 0.4) is 0 Å². The maximum Gasteiger partial charge on any atom is 0.131 e. The largest absolute Gasteiger partial charge is 0.507 e. The Hall–Kier alpha value is -1.54. The zero-order valence-corrected chi connectivity index (χ0v) is 9.42. The topological polar surface area (TPSA) is 20.2 Å². The summed E-state index contributed by atoms with van der Waals surface area (Å²) >= 11 is 5.81. The van der Waals surface area contributed by atoms with Gasteiger partial charge in [-0.1, -0.05) is 29.8 Å². The van der Waals surface area contributed by atoms with Crippen LogP contribution < -0.4 is 0 Å². The van der Waals surface area contributed by atoms with Crippen molar-refractivity contribution in [2.24, 2.45) is 0 Å². The molecule has 0 aromatic heterocycles. The fourth-order valence-electron chi connectivity index (χ4n) is 1.58. The number of rotatable bonds is 1. The monoisotopic (exact) mass is 236 g/mol. The van der Waals surface area contributed by atoms with Crippen LogP contribution in [0.15, 0.2) is 36.4 Å². The zero-order chi connectivity index (χ0) is 11.7. The Kier molecular flexibility index (Phi) is 2.84. The number of phenolic OH excluding ortho intramolecular Hbond substituents is 1. The molecule has 1 nitrogen and oxygen atoms in total. The number of phenols is 1. The Morgan fingerprint density at radius 1 is 1.12 bits per heavy atom. The third kappa shape index (κ3) is 1.89. The normalized spacial score (nSPS) is 10.4.